The zero-order valence-electron chi connectivity index (χ0n) is 16.3. The van der Waals surface area contributed by atoms with Crippen LogP contribution in [0.2, 0.25) is 0 Å². The Balaban J connectivity index is 2.17. The molecular formula is C18H26N2O7S. The fourth-order valence-corrected chi connectivity index (χ4v) is 4.46. The van der Waals surface area contributed by atoms with Crippen molar-refractivity contribution in [3.8, 4) is 5.75 Å². The van der Waals surface area contributed by atoms with Gasteiger partial charge in [0.15, 0.2) is 0 Å². The van der Waals surface area contributed by atoms with Crippen LogP contribution in [0.15, 0.2) is 23.1 Å². The number of nitrogens with one attached hydrogen (secondary N) is 1. The number of amides is 1. The average molecular weight is 414 g/mol. The predicted octanol–water partition coefficient (Wildman–Crippen LogP) is 2.23. The van der Waals surface area contributed by atoms with Gasteiger partial charge in [-0.2, -0.15) is 4.31 Å². The molecule has 0 radical (unpaired) electrons. The van der Waals surface area contributed by atoms with Crippen molar-refractivity contribution >= 4 is 27.8 Å². The molecule has 1 aromatic carbocycles. The fourth-order valence-electron chi connectivity index (χ4n) is 2.96. The minimum Gasteiger partial charge on any atom is -0.495 e. The molecule has 1 aliphatic rings. The van der Waals surface area contributed by atoms with Crippen LogP contribution in [-0.2, 0) is 24.3 Å². The van der Waals surface area contributed by atoms with E-state index in [2.05, 4.69) is 5.32 Å². The third kappa shape index (κ3) is 5.14. The number of anilines is 1. The van der Waals surface area contributed by atoms with E-state index in [1.165, 1.54) is 29.6 Å². The lowest BCUT2D eigenvalue weighted by molar-refractivity contribution is -0.149. The number of esters is 1. The summed E-state index contributed by atoms with van der Waals surface area (Å²) >= 11 is 0. The molecule has 0 aliphatic carbocycles. The number of rotatable bonds is 7. The molecule has 1 saturated heterocycles. The first-order valence-corrected chi connectivity index (χ1v) is 10.6. The Morgan fingerprint density at radius 1 is 1.14 bits per heavy atom. The van der Waals surface area contributed by atoms with E-state index in [-0.39, 0.29) is 42.2 Å². The Bertz CT molecular complexity index is 802. The van der Waals surface area contributed by atoms with Gasteiger partial charge in [0.25, 0.3) is 0 Å². The summed E-state index contributed by atoms with van der Waals surface area (Å²) in [5.41, 5.74) is 0.198. The van der Waals surface area contributed by atoms with Crippen molar-refractivity contribution < 1.29 is 32.2 Å². The second-order valence-electron chi connectivity index (χ2n) is 6.14. The van der Waals surface area contributed by atoms with Gasteiger partial charge in [-0.3, -0.25) is 10.1 Å². The van der Waals surface area contributed by atoms with Crippen LogP contribution in [0, 0.1) is 5.92 Å². The molecule has 0 bridgehead atoms. The molecule has 0 unspecified atom stereocenters. The van der Waals surface area contributed by atoms with Gasteiger partial charge in [0, 0.05) is 13.1 Å². The smallest absolute Gasteiger partial charge is 0.411 e. The number of hydrogen-bond donors (Lipinski definition) is 1. The molecule has 1 N–H and O–H groups in total. The van der Waals surface area contributed by atoms with Gasteiger partial charge < -0.3 is 14.2 Å². The summed E-state index contributed by atoms with van der Waals surface area (Å²) in [6, 6.07) is 4.23. The zero-order chi connectivity index (χ0) is 20.7. The Morgan fingerprint density at radius 2 is 1.79 bits per heavy atom. The van der Waals surface area contributed by atoms with E-state index in [0.29, 0.717) is 25.2 Å². The van der Waals surface area contributed by atoms with Crippen molar-refractivity contribution in [3.05, 3.63) is 18.2 Å². The van der Waals surface area contributed by atoms with Gasteiger partial charge in [-0.25, -0.2) is 13.2 Å². The number of carbonyl (C=O) groups is 2. The number of carbonyl (C=O) groups excluding carboxylic acids is 2. The summed E-state index contributed by atoms with van der Waals surface area (Å²) in [4.78, 5) is 23.6. The average Bonchev–Trinajstić information content (AvgIpc) is 2.68. The van der Waals surface area contributed by atoms with E-state index in [0.717, 1.165) is 0 Å². The molecule has 10 heteroatoms. The number of sulfonamides is 1. The van der Waals surface area contributed by atoms with Crippen LogP contribution < -0.4 is 10.1 Å². The van der Waals surface area contributed by atoms with E-state index < -0.39 is 16.1 Å². The van der Waals surface area contributed by atoms with Crippen LogP contribution in [0.3, 0.4) is 0 Å². The summed E-state index contributed by atoms with van der Waals surface area (Å²) in [6.45, 7) is 4.33. The van der Waals surface area contributed by atoms with Gasteiger partial charge in [0.2, 0.25) is 10.0 Å². The van der Waals surface area contributed by atoms with Crippen LogP contribution in [0.5, 0.6) is 5.75 Å². The molecule has 2 rings (SSSR count). The lowest BCUT2D eigenvalue weighted by Crippen LogP contribution is -2.40. The predicted molar refractivity (Wildman–Crippen MR) is 102 cm³/mol. The molecule has 9 nitrogen and oxygen atoms in total. The molecule has 0 saturated carbocycles. The molecular weight excluding hydrogens is 388 g/mol. The number of methoxy groups -OCH3 is 1. The summed E-state index contributed by atoms with van der Waals surface area (Å²) in [6.07, 6.45) is 0.107. The van der Waals surface area contributed by atoms with E-state index in [9.17, 15) is 18.0 Å². The largest absolute Gasteiger partial charge is 0.495 e. The SMILES string of the molecule is CCOC(=O)Nc1cc(S(=O)(=O)N2CCC(C(=O)OCC)CC2)ccc1OC. The maximum atomic E-state index is 13.0. The second kappa shape index (κ2) is 9.74. The minimum atomic E-state index is -3.79. The number of ether oxygens (including phenoxy) is 3. The van der Waals surface area contributed by atoms with Crippen molar-refractivity contribution in [1.82, 2.24) is 4.31 Å². The van der Waals surface area contributed by atoms with Gasteiger partial charge in [-0.15, -0.1) is 0 Å². The summed E-state index contributed by atoms with van der Waals surface area (Å²) in [7, 11) is -2.37. The Kier molecular flexibility index (Phi) is 7.64. The van der Waals surface area contributed by atoms with Crippen molar-refractivity contribution in [1.29, 1.82) is 0 Å². The van der Waals surface area contributed by atoms with Crippen LogP contribution in [-0.4, -0.2) is 58.2 Å². The van der Waals surface area contributed by atoms with Gasteiger partial charge in [0.1, 0.15) is 5.75 Å². The number of hydrogen-bond acceptors (Lipinski definition) is 7. The van der Waals surface area contributed by atoms with Gasteiger partial charge >= 0.3 is 12.1 Å². The molecule has 1 heterocycles. The summed E-state index contributed by atoms with van der Waals surface area (Å²) in [5, 5.41) is 2.48. The van der Waals surface area contributed by atoms with Crippen LogP contribution in [0.4, 0.5) is 10.5 Å². The van der Waals surface area contributed by atoms with Gasteiger partial charge in [-0.05, 0) is 44.9 Å². The highest BCUT2D eigenvalue weighted by molar-refractivity contribution is 7.89. The molecule has 1 fully saturated rings. The van der Waals surface area contributed by atoms with Crippen LogP contribution in [0.25, 0.3) is 0 Å². The maximum Gasteiger partial charge on any atom is 0.411 e. The van der Waals surface area contributed by atoms with E-state index in [4.69, 9.17) is 14.2 Å². The third-order valence-electron chi connectivity index (χ3n) is 4.39. The first-order chi connectivity index (χ1) is 13.3. The fraction of sp³-hybridized carbons (Fsp3) is 0.556. The van der Waals surface area contributed by atoms with Crippen LogP contribution >= 0.6 is 0 Å². The number of piperidine rings is 1. The Hall–Kier alpha value is -2.33. The molecule has 0 atom stereocenters. The monoisotopic (exact) mass is 414 g/mol. The van der Waals surface area contributed by atoms with Crippen molar-refractivity contribution in [2.24, 2.45) is 5.92 Å². The molecule has 0 spiro atoms. The van der Waals surface area contributed by atoms with Crippen molar-refractivity contribution in [3.63, 3.8) is 0 Å². The molecule has 0 aromatic heterocycles. The standard InChI is InChI=1S/C18H26N2O7S/c1-4-26-17(21)13-8-10-20(11-9-13)28(23,24)14-6-7-16(25-3)15(12-14)19-18(22)27-5-2/h6-7,12-13H,4-5,8-11H2,1-3H3,(H,19,22). The number of benzene rings is 1. The van der Waals surface area contributed by atoms with E-state index >= 15 is 0 Å². The third-order valence-corrected chi connectivity index (χ3v) is 6.29. The second-order valence-corrected chi connectivity index (χ2v) is 8.08. The minimum absolute atomic E-state index is 0.0229. The molecule has 1 amide bonds. The highest BCUT2D eigenvalue weighted by Crippen LogP contribution is 2.31. The van der Waals surface area contributed by atoms with E-state index in [1.807, 2.05) is 0 Å². The molecule has 1 aliphatic heterocycles. The summed E-state index contributed by atoms with van der Waals surface area (Å²) < 4.78 is 42.3. The van der Waals surface area contributed by atoms with E-state index in [1.54, 1.807) is 13.8 Å². The van der Waals surface area contributed by atoms with Crippen molar-refractivity contribution in [2.45, 2.75) is 31.6 Å². The molecule has 1 aromatic rings. The quantitative estimate of drug-likeness (QED) is 0.681. The Labute approximate surface area is 165 Å². The van der Waals surface area contributed by atoms with Crippen molar-refractivity contribution in [2.75, 3.05) is 38.7 Å². The summed E-state index contributed by atoms with van der Waals surface area (Å²) in [5.74, 6) is -0.263. The Morgan fingerprint density at radius 3 is 2.36 bits per heavy atom. The lowest BCUT2D eigenvalue weighted by Gasteiger charge is -2.30. The normalized spacial score (nSPS) is 15.7. The first kappa shape index (κ1) is 22.0. The topological polar surface area (TPSA) is 111 Å². The molecule has 28 heavy (non-hydrogen) atoms. The zero-order valence-corrected chi connectivity index (χ0v) is 17.1. The maximum absolute atomic E-state index is 13.0. The van der Waals surface area contributed by atoms with Crippen LogP contribution in [0.1, 0.15) is 26.7 Å². The highest BCUT2D eigenvalue weighted by Gasteiger charge is 2.33. The first-order valence-electron chi connectivity index (χ1n) is 9.12. The number of nitrogens with zero attached hydrogens (tertiary/aromatic N) is 1. The van der Waals surface area contributed by atoms with Gasteiger partial charge in [0.05, 0.1) is 36.8 Å². The lowest BCUT2D eigenvalue weighted by atomic mass is 9.98. The molecule has 156 valence electrons. The highest BCUT2D eigenvalue weighted by atomic mass is 32.2. The van der Waals surface area contributed by atoms with Gasteiger partial charge in [-0.1, -0.05) is 0 Å².